The Bertz CT molecular complexity index is 1210. The maximum Gasteiger partial charge on any atom is 0.202 e. The van der Waals surface area contributed by atoms with Crippen molar-refractivity contribution in [2.75, 3.05) is 0 Å². The Morgan fingerprint density at radius 2 is 1.85 bits per heavy atom. The lowest BCUT2D eigenvalue weighted by molar-refractivity contribution is -0.186. The summed E-state index contributed by atoms with van der Waals surface area (Å²) in [7, 11) is 0. The molecule has 5 rings (SSSR count). The summed E-state index contributed by atoms with van der Waals surface area (Å²) in [5, 5.41) is 20.8. The van der Waals surface area contributed by atoms with E-state index in [1.807, 2.05) is 6.92 Å². The Labute approximate surface area is 196 Å². The average molecular weight is 466 g/mol. The quantitative estimate of drug-likeness (QED) is 0.537. The van der Waals surface area contributed by atoms with Gasteiger partial charge >= 0.3 is 0 Å². The zero-order valence-corrected chi connectivity index (χ0v) is 19.0. The first-order chi connectivity index (χ1) is 16.2. The molecule has 0 spiro atoms. The molecule has 5 unspecified atom stereocenters. The van der Waals surface area contributed by atoms with Crippen LogP contribution in [0.3, 0.4) is 0 Å². The van der Waals surface area contributed by atoms with Gasteiger partial charge in [-0.15, -0.1) is 0 Å². The molecule has 2 aliphatic carbocycles. The van der Waals surface area contributed by atoms with Crippen molar-refractivity contribution in [1.29, 1.82) is 0 Å². The largest absolute Gasteiger partial charge is 0.507 e. The van der Waals surface area contributed by atoms with Crippen LogP contribution in [0.4, 0.5) is 0 Å². The van der Waals surface area contributed by atoms with Crippen molar-refractivity contribution >= 4 is 17.3 Å². The second-order valence-corrected chi connectivity index (χ2v) is 9.40. The van der Waals surface area contributed by atoms with Crippen LogP contribution in [0.5, 0.6) is 11.5 Å². The minimum Gasteiger partial charge on any atom is -0.507 e. The number of carbonyl (C=O) groups excluding carboxylic acids is 3. The molecule has 1 heterocycles. The third-order valence-electron chi connectivity index (χ3n) is 7.19. The summed E-state index contributed by atoms with van der Waals surface area (Å²) >= 11 is 0. The van der Waals surface area contributed by atoms with Gasteiger partial charge in [0.15, 0.2) is 11.6 Å². The molecular weight excluding hydrogens is 438 g/mol. The van der Waals surface area contributed by atoms with Crippen molar-refractivity contribution in [3.05, 3.63) is 57.6 Å². The molecule has 2 aromatic rings. The van der Waals surface area contributed by atoms with Crippen LogP contribution in [0.1, 0.15) is 80.9 Å². The Morgan fingerprint density at radius 3 is 2.56 bits per heavy atom. The van der Waals surface area contributed by atoms with E-state index in [1.165, 1.54) is 12.1 Å². The predicted octanol–water partition coefficient (Wildman–Crippen LogP) is 2.52. The zero-order valence-electron chi connectivity index (χ0n) is 19.0. The van der Waals surface area contributed by atoms with E-state index < -0.39 is 36.1 Å². The van der Waals surface area contributed by atoms with Crippen molar-refractivity contribution in [3.63, 3.8) is 0 Å². The Kier molecular flexibility index (Phi) is 5.55. The molecule has 178 valence electrons. The van der Waals surface area contributed by atoms with Crippen molar-refractivity contribution in [2.45, 2.75) is 64.1 Å². The number of benzene rings is 2. The number of hydrogen-bond acceptors (Lipinski definition) is 8. The van der Waals surface area contributed by atoms with Crippen molar-refractivity contribution in [3.8, 4) is 11.5 Å². The second-order valence-electron chi connectivity index (χ2n) is 9.40. The molecule has 0 bridgehead atoms. The predicted molar refractivity (Wildman–Crippen MR) is 121 cm³/mol. The number of phenols is 1. The summed E-state index contributed by atoms with van der Waals surface area (Å²) in [6.45, 7) is 3.67. The SMILES string of the molecule is CCC1CC(=O)c2c(cc(O)c3c2C(=O)c2cccc(OC4CC(N)C(O)C(C)O4)c2C3=O)C1. The highest BCUT2D eigenvalue weighted by Crippen LogP contribution is 2.43. The molecule has 0 saturated carbocycles. The highest BCUT2D eigenvalue weighted by atomic mass is 16.7. The number of aliphatic hydroxyl groups is 1. The second kappa shape index (κ2) is 8.30. The lowest BCUT2D eigenvalue weighted by atomic mass is 9.73. The minimum absolute atomic E-state index is 0.0147. The van der Waals surface area contributed by atoms with Gasteiger partial charge in [0.1, 0.15) is 11.5 Å². The normalized spacial score (nSPS) is 28.2. The van der Waals surface area contributed by atoms with Crippen molar-refractivity contribution in [1.82, 2.24) is 0 Å². The van der Waals surface area contributed by atoms with Gasteiger partial charge in [-0.3, -0.25) is 14.4 Å². The number of nitrogens with two attached hydrogens (primary N) is 1. The summed E-state index contributed by atoms with van der Waals surface area (Å²) < 4.78 is 11.6. The maximum atomic E-state index is 13.6. The van der Waals surface area contributed by atoms with Crippen LogP contribution in [-0.2, 0) is 11.2 Å². The first-order valence-corrected chi connectivity index (χ1v) is 11.6. The van der Waals surface area contributed by atoms with Crippen LogP contribution in [0.15, 0.2) is 24.3 Å². The standard InChI is InChI=1S/C26H27NO7/c1-3-12-7-13-9-17(29)22-23(20(13)16(28)8-12)25(31)14-5-4-6-18(21(14)26(22)32)34-19-10-15(27)24(30)11(2)33-19/h4-6,9,11-12,15,19,24,29-30H,3,7-8,10,27H2,1-2H3. The number of fused-ring (bicyclic) bond motifs is 4. The number of aromatic hydroxyl groups is 1. The van der Waals surface area contributed by atoms with Gasteiger partial charge in [0.2, 0.25) is 12.1 Å². The smallest absolute Gasteiger partial charge is 0.202 e. The number of carbonyl (C=O) groups is 3. The molecule has 0 amide bonds. The highest BCUT2D eigenvalue weighted by Gasteiger charge is 2.41. The van der Waals surface area contributed by atoms with Crippen molar-refractivity contribution in [2.24, 2.45) is 11.7 Å². The molecule has 1 fully saturated rings. The van der Waals surface area contributed by atoms with Crippen LogP contribution in [0.25, 0.3) is 0 Å². The van der Waals surface area contributed by atoms with E-state index in [0.717, 1.165) is 6.42 Å². The Balaban J connectivity index is 1.58. The number of hydrogen-bond donors (Lipinski definition) is 3. The number of aliphatic hydroxyl groups excluding tert-OH is 1. The maximum absolute atomic E-state index is 13.6. The molecule has 8 heteroatoms. The highest BCUT2D eigenvalue weighted by molar-refractivity contribution is 6.32. The summed E-state index contributed by atoms with van der Waals surface area (Å²) in [5.74, 6) is -1.31. The fraction of sp³-hybridized carbons (Fsp3) is 0.423. The van der Waals surface area contributed by atoms with E-state index in [0.29, 0.717) is 18.4 Å². The van der Waals surface area contributed by atoms with E-state index >= 15 is 0 Å². The zero-order chi connectivity index (χ0) is 24.3. The van der Waals surface area contributed by atoms with E-state index in [1.54, 1.807) is 19.1 Å². The van der Waals surface area contributed by atoms with Crippen LogP contribution >= 0.6 is 0 Å². The lowest BCUT2D eigenvalue weighted by Crippen LogP contribution is -2.52. The molecular formula is C26H27NO7. The number of Topliss-reactive ketones (excluding diaryl/α,β-unsaturated/α-hetero) is 1. The Morgan fingerprint density at radius 1 is 1.09 bits per heavy atom. The third-order valence-corrected chi connectivity index (χ3v) is 7.19. The first-order valence-electron chi connectivity index (χ1n) is 11.6. The number of phenolic OH excluding ortho intramolecular Hbond substituents is 1. The number of rotatable bonds is 3. The fourth-order valence-electron chi connectivity index (χ4n) is 5.31. The Hall–Kier alpha value is -3.07. The van der Waals surface area contributed by atoms with Crippen LogP contribution in [-0.4, -0.2) is 52.1 Å². The van der Waals surface area contributed by atoms with Gasteiger partial charge in [0.25, 0.3) is 0 Å². The van der Waals surface area contributed by atoms with Crippen LogP contribution < -0.4 is 10.5 Å². The third kappa shape index (κ3) is 3.45. The summed E-state index contributed by atoms with van der Waals surface area (Å²) in [6, 6.07) is 5.53. The van der Waals surface area contributed by atoms with E-state index in [-0.39, 0.29) is 57.4 Å². The van der Waals surface area contributed by atoms with Crippen LogP contribution in [0.2, 0.25) is 0 Å². The number of ether oxygens (including phenoxy) is 2. The average Bonchev–Trinajstić information content (AvgIpc) is 2.79. The van der Waals surface area contributed by atoms with Gasteiger partial charge in [0, 0.05) is 35.6 Å². The first kappa shape index (κ1) is 22.7. The van der Waals surface area contributed by atoms with Crippen molar-refractivity contribution < 1.29 is 34.1 Å². The topological polar surface area (TPSA) is 136 Å². The van der Waals surface area contributed by atoms with E-state index in [2.05, 4.69) is 0 Å². The molecule has 34 heavy (non-hydrogen) atoms. The molecule has 0 aromatic heterocycles. The fourth-order valence-corrected chi connectivity index (χ4v) is 5.31. The van der Waals surface area contributed by atoms with Gasteiger partial charge in [-0.05, 0) is 37.0 Å². The van der Waals surface area contributed by atoms with E-state index in [9.17, 15) is 24.6 Å². The van der Waals surface area contributed by atoms with Crippen LogP contribution in [0, 0.1) is 5.92 Å². The summed E-state index contributed by atoms with van der Waals surface area (Å²) in [4.78, 5) is 40.2. The molecule has 0 radical (unpaired) electrons. The number of ketones is 3. The van der Waals surface area contributed by atoms with Gasteiger partial charge in [-0.25, -0.2) is 0 Å². The molecule has 8 nitrogen and oxygen atoms in total. The molecule has 4 N–H and O–H groups in total. The molecule has 1 saturated heterocycles. The van der Waals surface area contributed by atoms with Gasteiger partial charge in [-0.2, -0.15) is 0 Å². The monoisotopic (exact) mass is 465 g/mol. The van der Waals surface area contributed by atoms with Gasteiger partial charge in [0.05, 0.1) is 23.3 Å². The summed E-state index contributed by atoms with van der Waals surface area (Å²) in [5.41, 5.74) is 6.78. The van der Waals surface area contributed by atoms with E-state index in [4.69, 9.17) is 15.2 Å². The summed E-state index contributed by atoms with van der Waals surface area (Å²) in [6.07, 6.45) is -0.357. The molecule has 2 aromatic carbocycles. The van der Waals surface area contributed by atoms with Gasteiger partial charge < -0.3 is 25.4 Å². The molecule has 5 atom stereocenters. The lowest BCUT2D eigenvalue weighted by Gasteiger charge is -2.36. The molecule has 1 aliphatic heterocycles. The molecule has 3 aliphatic rings. The minimum atomic E-state index is -0.840. The van der Waals surface area contributed by atoms with Gasteiger partial charge in [-0.1, -0.05) is 25.5 Å².